The first-order valence-corrected chi connectivity index (χ1v) is 7.52. The quantitative estimate of drug-likeness (QED) is 0.412. The zero-order valence-corrected chi connectivity index (χ0v) is 9.83. The summed E-state index contributed by atoms with van der Waals surface area (Å²) in [5.41, 5.74) is 0. The molecule has 1 nitrogen and oxygen atoms in total. The number of rotatable bonds is 1. The molecule has 0 spiro atoms. The first-order valence-electron chi connectivity index (χ1n) is 2.57. The summed E-state index contributed by atoms with van der Waals surface area (Å²) in [6.45, 7) is 0. The Labute approximate surface area is 78.3 Å². The zero-order chi connectivity index (χ0) is 6.69. The average Bonchev–Trinajstić information content (AvgIpc) is 1.90. The maximum absolute atomic E-state index is 10.8. The summed E-state index contributed by atoms with van der Waals surface area (Å²) in [4.78, 5) is 0.942. The maximum atomic E-state index is 10.8. The Morgan fingerprint density at radius 3 is 2.00 bits per heavy atom. The van der Waals surface area contributed by atoms with Crippen molar-refractivity contribution in [1.29, 1.82) is 0 Å². The first-order chi connectivity index (χ1) is 4.30. The Morgan fingerprint density at radius 2 is 1.70 bits per heavy atom. The third-order valence-corrected chi connectivity index (χ3v) is 3.90. The van der Waals surface area contributed by atoms with E-state index in [4.69, 9.17) is 0 Å². The van der Waals surface area contributed by atoms with Gasteiger partial charge in [-0.05, 0) is 0 Å². The summed E-state index contributed by atoms with van der Waals surface area (Å²) in [5.74, 6) is 0. The van der Waals surface area contributed by atoms with Gasteiger partial charge in [0.25, 0.3) is 0 Å². The van der Waals surface area contributed by atoms with E-state index in [0.717, 1.165) is 22.0 Å². The molecule has 0 saturated carbocycles. The van der Waals surface area contributed by atoms with Crippen molar-refractivity contribution >= 4 is 9.17 Å². The van der Waals surface area contributed by atoms with Gasteiger partial charge in [0.05, 0.1) is 0 Å². The van der Waals surface area contributed by atoms with Gasteiger partial charge in [-0.2, -0.15) is 0 Å². The Bertz CT molecular complexity index is 180. The molecule has 0 aliphatic carbocycles. The van der Waals surface area contributed by atoms with E-state index < -0.39 is 9.17 Å². The summed E-state index contributed by atoms with van der Waals surface area (Å²) < 4.78 is 10.8. The summed E-state index contributed by atoms with van der Waals surface area (Å²) in [6, 6.07) is 9.52. The van der Waals surface area contributed by atoms with E-state index in [1.165, 1.54) is 0 Å². The van der Waals surface area contributed by atoms with Gasteiger partial charge in [0.1, 0.15) is 0 Å². The standard InChI is InChI=1S/C6H6OS.ClH.Zn/c7-8-6-4-2-1-3-5-6;;/h1-5,7H;1H;/q;;+2/p-2. The van der Waals surface area contributed by atoms with Gasteiger partial charge in [0.15, 0.2) is 0 Å². The summed E-state index contributed by atoms with van der Waals surface area (Å²) in [5, 5.41) is 0. The summed E-state index contributed by atoms with van der Waals surface area (Å²) in [6.07, 6.45) is 0. The van der Waals surface area contributed by atoms with Gasteiger partial charge >= 0.3 is 66.0 Å². The molecule has 0 aliphatic rings. The zero-order valence-electron chi connectivity index (χ0n) is 5.29. The van der Waals surface area contributed by atoms with E-state index in [9.17, 15) is 4.55 Å². The number of hydrogen-bond acceptors (Lipinski definition) is 1. The fourth-order valence-electron chi connectivity index (χ4n) is 0.572. The molecule has 0 fully saturated rings. The fraction of sp³-hybridized carbons (Fsp3) is 0. The van der Waals surface area contributed by atoms with Crippen molar-refractivity contribution in [3.8, 4) is 0 Å². The molecule has 1 aromatic rings. The predicted octanol–water partition coefficient (Wildman–Crippen LogP) is -1.74. The molecular weight excluding hydrogens is 221 g/mol. The van der Waals surface area contributed by atoms with Crippen LogP contribution in [0.2, 0.25) is 0 Å². The first kappa shape index (κ1) is 10.4. The van der Waals surface area contributed by atoms with Crippen molar-refractivity contribution in [2.24, 2.45) is 0 Å². The van der Waals surface area contributed by atoms with Crippen LogP contribution in [0.1, 0.15) is 0 Å². The molecule has 0 bridgehead atoms. The topological polar surface area (TPSA) is 23.1 Å². The molecule has 0 amide bonds. The van der Waals surface area contributed by atoms with E-state index in [1.807, 2.05) is 30.3 Å². The van der Waals surface area contributed by atoms with E-state index in [-0.39, 0.29) is 12.4 Å². The van der Waals surface area contributed by atoms with Gasteiger partial charge in [-0.15, -0.1) is 0 Å². The van der Waals surface area contributed by atoms with Gasteiger partial charge in [0, 0.05) is 0 Å². The molecule has 50 valence electrons. The SMILES string of the molecule is [Cl-].[O-][S+]([Zn+])c1ccccc1. The number of hydrogen-bond donors (Lipinski definition) is 0. The number of benzene rings is 1. The van der Waals surface area contributed by atoms with Gasteiger partial charge in [-0.1, -0.05) is 0 Å². The third kappa shape index (κ3) is 3.02. The molecular formula is C6H5ClOSZn. The molecule has 1 rings (SSSR count). The molecule has 0 aliphatic heterocycles. The second-order valence-corrected chi connectivity index (χ2v) is 6.12. The summed E-state index contributed by atoms with van der Waals surface area (Å²) >= 11 is 0.823. The predicted molar refractivity (Wildman–Crippen MR) is 32.9 cm³/mol. The molecule has 0 aromatic heterocycles. The number of halogens is 1. The Balaban J connectivity index is 0.000000810. The van der Waals surface area contributed by atoms with E-state index >= 15 is 0 Å². The van der Waals surface area contributed by atoms with Gasteiger partial charge in [0.2, 0.25) is 0 Å². The molecule has 1 unspecified atom stereocenters. The van der Waals surface area contributed by atoms with Crippen LogP contribution in [0.4, 0.5) is 0 Å². The second-order valence-electron chi connectivity index (χ2n) is 1.66. The molecule has 0 heterocycles. The molecule has 0 radical (unpaired) electrons. The fourth-order valence-corrected chi connectivity index (χ4v) is 2.24. The average molecular weight is 226 g/mol. The van der Waals surface area contributed by atoms with Crippen LogP contribution in [0.5, 0.6) is 0 Å². The molecule has 4 heteroatoms. The van der Waals surface area contributed by atoms with E-state index in [2.05, 4.69) is 0 Å². The van der Waals surface area contributed by atoms with Gasteiger partial charge in [-0.25, -0.2) is 0 Å². The van der Waals surface area contributed by atoms with E-state index in [0.29, 0.717) is 0 Å². The van der Waals surface area contributed by atoms with Crippen LogP contribution in [0.15, 0.2) is 35.2 Å². The van der Waals surface area contributed by atoms with Crippen LogP contribution in [-0.4, -0.2) is 4.55 Å². The minimum absolute atomic E-state index is 0. The normalized spacial score (nSPS) is 11.9. The van der Waals surface area contributed by atoms with Crippen LogP contribution in [0, 0.1) is 0 Å². The Kier molecular flexibility index (Phi) is 5.37. The summed E-state index contributed by atoms with van der Waals surface area (Å²) in [7, 11) is -0.704. The van der Waals surface area contributed by atoms with Gasteiger partial charge < -0.3 is 12.4 Å². The van der Waals surface area contributed by atoms with Crippen LogP contribution in [0.3, 0.4) is 0 Å². The molecule has 10 heavy (non-hydrogen) atoms. The molecule has 0 N–H and O–H groups in total. The molecule has 1 aromatic carbocycles. The van der Waals surface area contributed by atoms with Crippen LogP contribution >= 0.6 is 0 Å². The molecule has 1 atom stereocenters. The van der Waals surface area contributed by atoms with Crippen molar-refractivity contribution in [1.82, 2.24) is 0 Å². The minimum atomic E-state index is -0.704. The van der Waals surface area contributed by atoms with Crippen molar-refractivity contribution in [3.63, 3.8) is 0 Å². The third-order valence-electron chi connectivity index (χ3n) is 1.01. The van der Waals surface area contributed by atoms with Crippen molar-refractivity contribution in [3.05, 3.63) is 30.3 Å². The molecule has 0 saturated heterocycles. The van der Waals surface area contributed by atoms with Crippen LogP contribution in [-0.2, 0) is 26.3 Å². The van der Waals surface area contributed by atoms with Crippen molar-refractivity contribution in [2.75, 3.05) is 0 Å². The van der Waals surface area contributed by atoms with Crippen molar-refractivity contribution in [2.45, 2.75) is 4.90 Å². The van der Waals surface area contributed by atoms with Crippen molar-refractivity contribution < 1.29 is 34.0 Å². The van der Waals surface area contributed by atoms with Crippen LogP contribution < -0.4 is 12.4 Å². The van der Waals surface area contributed by atoms with Crippen LogP contribution in [0.25, 0.3) is 0 Å². The monoisotopic (exact) mass is 224 g/mol. The Hall–Kier alpha value is 0.443. The van der Waals surface area contributed by atoms with Gasteiger partial charge in [-0.3, -0.25) is 0 Å². The Morgan fingerprint density at radius 1 is 1.20 bits per heavy atom. The van der Waals surface area contributed by atoms with E-state index in [1.54, 1.807) is 0 Å². The second kappa shape index (κ2) is 5.14.